The molecule has 0 aliphatic heterocycles. The van der Waals surface area contributed by atoms with Gasteiger partial charge in [-0.15, -0.1) is 0 Å². The monoisotopic (exact) mass is 382 g/mol. The maximum atomic E-state index is 12.2. The Balaban J connectivity index is 2.05. The summed E-state index contributed by atoms with van der Waals surface area (Å²) in [6, 6.07) is 1.42. The number of nitrogens with zero attached hydrogens (tertiary/aromatic N) is 1. The fourth-order valence-electron chi connectivity index (χ4n) is 2.35. The lowest BCUT2D eigenvalue weighted by molar-refractivity contribution is 0.102. The van der Waals surface area contributed by atoms with Gasteiger partial charge in [0.2, 0.25) is 10.0 Å². The summed E-state index contributed by atoms with van der Waals surface area (Å²) in [5, 5.41) is 9.54. The van der Waals surface area contributed by atoms with Gasteiger partial charge < -0.3 is 5.11 Å². The second-order valence-corrected chi connectivity index (χ2v) is 7.99. The number of nitrogens with one attached hydrogen (secondary N) is 1. The zero-order chi connectivity index (χ0) is 14.8. The molecule has 1 aromatic heterocycles. The van der Waals surface area contributed by atoms with Crippen molar-refractivity contribution in [2.75, 3.05) is 6.54 Å². The van der Waals surface area contributed by atoms with E-state index in [1.54, 1.807) is 0 Å². The largest absolute Gasteiger partial charge is 0.393 e. The number of sulfonamides is 1. The van der Waals surface area contributed by atoms with Gasteiger partial charge in [0, 0.05) is 17.2 Å². The molecule has 5 nitrogen and oxygen atoms in total. The van der Waals surface area contributed by atoms with Crippen molar-refractivity contribution in [3.05, 3.63) is 21.9 Å². The van der Waals surface area contributed by atoms with Crippen molar-refractivity contribution in [3.63, 3.8) is 0 Å². The Kier molecular flexibility index (Phi) is 5.42. The number of hydrogen-bond acceptors (Lipinski definition) is 4. The molecule has 1 heterocycles. The molecule has 20 heavy (non-hydrogen) atoms. The first-order valence-corrected chi connectivity index (χ1v) is 9.02. The fraction of sp³-hybridized carbons (Fsp3) is 0.583. The summed E-state index contributed by atoms with van der Waals surface area (Å²) < 4.78 is 27.5. The second-order valence-electron chi connectivity index (χ2n) is 4.98. The summed E-state index contributed by atoms with van der Waals surface area (Å²) in [4.78, 5) is 3.77. The molecule has 1 fully saturated rings. The van der Waals surface area contributed by atoms with Gasteiger partial charge in [0.05, 0.1) is 6.10 Å². The number of pyridine rings is 1. The van der Waals surface area contributed by atoms with Crippen LogP contribution in [-0.4, -0.2) is 31.2 Å². The van der Waals surface area contributed by atoms with Crippen LogP contribution in [0.2, 0.25) is 5.15 Å². The first kappa shape index (κ1) is 16.2. The van der Waals surface area contributed by atoms with Crippen LogP contribution in [0.5, 0.6) is 0 Å². The summed E-state index contributed by atoms with van der Waals surface area (Å²) in [6.45, 7) is 0.308. The Hall–Kier alpha value is -0.210. The maximum absolute atomic E-state index is 12.2. The normalized spacial score (nSPS) is 23.8. The molecule has 1 saturated carbocycles. The van der Waals surface area contributed by atoms with Gasteiger partial charge in [-0.2, -0.15) is 0 Å². The minimum Gasteiger partial charge on any atom is -0.393 e. The molecule has 0 amide bonds. The second kappa shape index (κ2) is 6.70. The Morgan fingerprint density at radius 2 is 2.25 bits per heavy atom. The van der Waals surface area contributed by atoms with E-state index >= 15 is 0 Å². The molecule has 0 bridgehead atoms. The van der Waals surface area contributed by atoms with Crippen LogP contribution in [0, 0.1) is 5.92 Å². The Labute approximate surface area is 131 Å². The van der Waals surface area contributed by atoms with Crippen LogP contribution in [0.25, 0.3) is 0 Å². The molecule has 2 N–H and O–H groups in total. The van der Waals surface area contributed by atoms with Crippen molar-refractivity contribution in [1.29, 1.82) is 0 Å². The summed E-state index contributed by atoms with van der Waals surface area (Å²) in [6.07, 6.45) is 4.39. The summed E-state index contributed by atoms with van der Waals surface area (Å²) in [5.41, 5.74) is 0. The minimum absolute atomic E-state index is 0.0371. The van der Waals surface area contributed by atoms with E-state index in [-0.39, 0.29) is 22.1 Å². The number of aliphatic hydroxyl groups excluding tert-OH is 1. The highest BCUT2D eigenvalue weighted by molar-refractivity contribution is 9.10. The first-order chi connectivity index (χ1) is 9.38. The maximum Gasteiger partial charge on any atom is 0.243 e. The van der Waals surface area contributed by atoms with E-state index in [0.717, 1.165) is 19.3 Å². The third-order valence-corrected chi connectivity index (χ3v) is 5.66. The van der Waals surface area contributed by atoms with Crippen molar-refractivity contribution in [3.8, 4) is 0 Å². The van der Waals surface area contributed by atoms with E-state index in [4.69, 9.17) is 11.6 Å². The molecule has 2 unspecified atom stereocenters. The third-order valence-electron chi connectivity index (χ3n) is 3.38. The van der Waals surface area contributed by atoms with Crippen molar-refractivity contribution in [2.24, 2.45) is 5.92 Å². The molecule has 112 valence electrons. The van der Waals surface area contributed by atoms with Gasteiger partial charge in [-0.05, 0) is 47.2 Å². The highest BCUT2D eigenvalue weighted by Crippen LogP contribution is 2.25. The zero-order valence-corrected chi connectivity index (χ0v) is 13.9. The lowest BCUT2D eigenvalue weighted by Gasteiger charge is -2.25. The molecular formula is C12H16BrClN2O3S. The highest BCUT2D eigenvalue weighted by atomic mass is 79.9. The summed E-state index contributed by atoms with van der Waals surface area (Å²) >= 11 is 9.01. The third kappa shape index (κ3) is 4.14. The fourth-order valence-corrected chi connectivity index (χ4v) is 4.40. The summed E-state index contributed by atoms with van der Waals surface area (Å²) in [7, 11) is -3.69. The van der Waals surface area contributed by atoms with Gasteiger partial charge in [0.25, 0.3) is 0 Å². The van der Waals surface area contributed by atoms with E-state index in [1.165, 1.54) is 12.3 Å². The number of halogens is 2. The quantitative estimate of drug-likeness (QED) is 0.782. The number of rotatable bonds is 4. The molecule has 8 heteroatoms. The van der Waals surface area contributed by atoms with Gasteiger partial charge in [-0.25, -0.2) is 18.1 Å². The standard InChI is InChI=1S/C12H16BrClN2O3S/c13-9-5-11(12(14)15-7-9)20(18,19)16-6-8-2-1-3-10(17)4-8/h5,7-8,10,16-17H,1-4,6H2. The van der Waals surface area contributed by atoms with E-state index in [9.17, 15) is 13.5 Å². The predicted molar refractivity (Wildman–Crippen MR) is 80.1 cm³/mol. The molecule has 1 aromatic rings. The Morgan fingerprint density at radius 3 is 2.95 bits per heavy atom. The number of aromatic nitrogens is 1. The van der Waals surface area contributed by atoms with Crippen LogP contribution >= 0.6 is 27.5 Å². The van der Waals surface area contributed by atoms with E-state index in [0.29, 0.717) is 17.4 Å². The van der Waals surface area contributed by atoms with Gasteiger partial charge in [-0.1, -0.05) is 18.0 Å². The lowest BCUT2D eigenvalue weighted by atomic mass is 9.87. The zero-order valence-electron chi connectivity index (χ0n) is 10.7. The van der Waals surface area contributed by atoms with Crippen LogP contribution in [0.4, 0.5) is 0 Å². The van der Waals surface area contributed by atoms with Crippen LogP contribution in [0.1, 0.15) is 25.7 Å². The number of aliphatic hydroxyl groups is 1. The van der Waals surface area contributed by atoms with Crippen LogP contribution in [0.3, 0.4) is 0 Å². The van der Waals surface area contributed by atoms with Crippen molar-refractivity contribution >= 4 is 37.6 Å². The van der Waals surface area contributed by atoms with Gasteiger partial charge in [0.1, 0.15) is 10.0 Å². The minimum atomic E-state index is -3.69. The highest BCUT2D eigenvalue weighted by Gasteiger charge is 2.24. The molecule has 1 aliphatic carbocycles. The molecule has 0 radical (unpaired) electrons. The SMILES string of the molecule is O=S(=O)(NCC1CCCC(O)C1)c1cc(Br)cnc1Cl. The van der Waals surface area contributed by atoms with Gasteiger partial charge >= 0.3 is 0 Å². The lowest BCUT2D eigenvalue weighted by Crippen LogP contribution is -2.33. The molecular weight excluding hydrogens is 368 g/mol. The average Bonchev–Trinajstić information content (AvgIpc) is 2.39. The van der Waals surface area contributed by atoms with Crippen molar-refractivity contribution < 1.29 is 13.5 Å². The van der Waals surface area contributed by atoms with Crippen molar-refractivity contribution in [2.45, 2.75) is 36.7 Å². The van der Waals surface area contributed by atoms with Gasteiger partial charge in [-0.3, -0.25) is 0 Å². The topological polar surface area (TPSA) is 79.3 Å². The van der Waals surface area contributed by atoms with Gasteiger partial charge in [0.15, 0.2) is 0 Å². The number of hydrogen-bond donors (Lipinski definition) is 2. The van der Waals surface area contributed by atoms with Crippen LogP contribution in [0.15, 0.2) is 21.6 Å². The predicted octanol–water partition coefficient (Wildman–Crippen LogP) is 2.33. The molecule has 0 saturated heterocycles. The van der Waals surface area contributed by atoms with Crippen LogP contribution in [-0.2, 0) is 10.0 Å². The molecule has 2 rings (SSSR count). The Morgan fingerprint density at radius 1 is 1.50 bits per heavy atom. The molecule has 1 aliphatic rings. The molecule has 0 spiro atoms. The smallest absolute Gasteiger partial charge is 0.243 e. The first-order valence-electron chi connectivity index (χ1n) is 6.37. The average molecular weight is 384 g/mol. The van der Waals surface area contributed by atoms with Crippen LogP contribution < -0.4 is 4.72 Å². The molecule has 0 aromatic carbocycles. The Bertz CT molecular complexity index is 582. The van der Waals surface area contributed by atoms with Crippen molar-refractivity contribution in [1.82, 2.24) is 9.71 Å². The summed E-state index contributed by atoms with van der Waals surface area (Å²) in [5.74, 6) is 0.160. The van der Waals surface area contributed by atoms with E-state index in [2.05, 4.69) is 25.6 Å². The molecule has 2 atom stereocenters. The van der Waals surface area contributed by atoms with E-state index < -0.39 is 10.0 Å². The van der Waals surface area contributed by atoms with E-state index in [1.807, 2.05) is 0 Å².